The smallest absolute Gasteiger partial charge is 0.0923 e. The minimum atomic E-state index is -1.04. The van der Waals surface area contributed by atoms with Crippen LogP contribution in [-0.2, 0) is 6.42 Å². The highest BCUT2D eigenvalue weighted by molar-refractivity contribution is 5.74. The Kier molecular flexibility index (Phi) is 10.8. The minimum absolute atomic E-state index is 0.404. The molecule has 2 nitrogen and oxygen atoms in total. The van der Waals surface area contributed by atoms with Crippen molar-refractivity contribution in [1.82, 2.24) is 4.98 Å². The summed E-state index contributed by atoms with van der Waals surface area (Å²) in [5.74, 6) is 0. The second kappa shape index (κ2) is 12.0. The number of allylic oxidation sites excluding steroid dienone is 7. The van der Waals surface area contributed by atoms with E-state index < -0.39 is 5.60 Å². The minimum Gasteiger partial charge on any atom is -0.385 e. The Balaban J connectivity index is 0.00000277. The molecule has 0 saturated carbocycles. The molecule has 0 unspecified atom stereocenters. The largest absolute Gasteiger partial charge is 0.385 e. The van der Waals surface area contributed by atoms with Gasteiger partial charge in [-0.15, -0.1) is 0 Å². The van der Waals surface area contributed by atoms with Crippen LogP contribution in [0, 0.1) is 0 Å². The third kappa shape index (κ3) is 7.32. The Morgan fingerprint density at radius 1 is 1.16 bits per heavy atom. The summed E-state index contributed by atoms with van der Waals surface area (Å²) in [5.41, 5.74) is 2.49. The lowest BCUT2D eigenvalue weighted by Crippen LogP contribution is -2.29. The Hall–Kier alpha value is -2.45. The van der Waals surface area contributed by atoms with Gasteiger partial charge in [-0.05, 0) is 36.6 Å². The lowest BCUT2D eigenvalue weighted by molar-refractivity contribution is 0.102. The van der Waals surface area contributed by atoms with Gasteiger partial charge in [-0.1, -0.05) is 82.2 Å². The van der Waals surface area contributed by atoms with E-state index in [4.69, 9.17) is 0 Å². The zero-order valence-corrected chi connectivity index (χ0v) is 16.0. The fourth-order valence-electron chi connectivity index (χ4n) is 2.23. The molecule has 0 aliphatic rings. The second-order valence-electron chi connectivity index (χ2n) is 5.40. The van der Waals surface area contributed by atoms with Gasteiger partial charge >= 0.3 is 0 Å². The van der Waals surface area contributed by atoms with Crippen LogP contribution in [0.2, 0.25) is 0 Å². The van der Waals surface area contributed by atoms with Crippen LogP contribution in [-0.4, -0.2) is 15.7 Å². The highest BCUT2D eigenvalue weighted by Crippen LogP contribution is 2.23. The highest BCUT2D eigenvalue weighted by atomic mass is 16.3. The molecule has 0 aliphatic heterocycles. The SMILES string of the molecule is C=C/C=C(\C=C)[C@](C)(O)Cc1ccc(/C(C=C)=C/C=C\C)cn1.CC. The normalized spacial score (nSPS) is 14.3. The standard InChI is InChI=1S/C21H25NO.C2H6/c1-6-10-12-17(8-3)18-13-14-20(22-16-18)15-21(5,23)19(9-4)11-7-2;1-2/h6-14,16,23H,2-4,15H2,1,5H3;1-2H3/b10-6-,17-12+,19-11+;/t21-;/m1./s1. The molecule has 1 aromatic rings. The zero-order chi connectivity index (χ0) is 19.3. The van der Waals surface area contributed by atoms with Gasteiger partial charge in [-0.25, -0.2) is 0 Å². The van der Waals surface area contributed by atoms with E-state index in [-0.39, 0.29) is 0 Å². The predicted octanol–water partition coefficient (Wildman–Crippen LogP) is 5.85. The maximum Gasteiger partial charge on any atom is 0.0923 e. The molecule has 0 spiro atoms. The van der Waals surface area contributed by atoms with E-state index in [0.29, 0.717) is 6.42 Å². The number of pyridine rings is 1. The van der Waals surface area contributed by atoms with Crippen molar-refractivity contribution < 1.29 is 5.11 Å². The topological polar surface area (TPSA) is 33.1 Å². The van der Waals surface area contributed by atoms with Gasteiger partial charge in [0, 0.05) is 18.3 Å². The van der Waals surface area contributed by atoms with Crippen molar-refractivity contribution in [2.75, 3.05) is 0 Å². The van der Waals surface area contributed by atoms with E-state index in [1.54, 1.807) is 37.4 Å². The van der Waals surface area contributed by atoms with Crippen molar-refractivity contribution in [3.8, 4) is 0 Å². The van der Waals surface area contributed by atoms with Crippen LogP contribution in [0.25, 0.3) is 5.57 Å². The molecule has 0 saturated heterocycles. The summed E-state index contributed by atoms with van der Waals surface area (Å²) in [6, 6.07) is 3.91. The van der Waals surface area contributed by atoms with Crippen LogP contribution in [0.3, 0.4) is 0 Å². The molecule has 0 fully saturated rings. The summed E-state index contributed by atoms with van der Waals surface area (Å²) < 4.78 is 0. The second-order valence-corrected chi connectivity index (χ2v) is 5.40. The number of hydrogen-bond acceptors (Lipinski definition) is 2. The molecule has 0 bridgehead atoms. The van der Waals surface area contributed by atoms with E-state index in [9.17, 15) is 5.11 Å². The molecule has 1 aromatic heterocycles. The van der Waals surface area contributed by atoms with Crippen molar-refractivity contribution in [3.05, 3.63) is 97.4 Å². The van der Waals surface area contributed by atoms with Crippen LogP contribution in [0.15, 0.2) is 86.2 Å². The van der Waals surface area contributed by atoms with Crippen molar-refractivity contribution in [2.24, 2.45) is 0 Å². The van der Waals surface area contributed by atoms with Gasteiger partial charge in [0.1, 0.15) is 0 Å². The zero-order valence-electron chi connectivity index (χ0n) is 16.0. The van der Waals surface area contributed by atoms with Crippen LogP contribution in [0.5, 0.6) is 0 Å². The van der Waals surface area contributed by atoms with Gasteiger partial charge in [-0.3, -0.25) is 4.98 Å². The van der Waals surface area contributed by atoms with Crippen molar-refractivity contribution in [2.45, 2.75) is 39.7 Å². The van der Waals surface area contributed by atoms with Crippen molar-refractivity contribution in [3.63, 3.8) is 0 Å². The molecular weight excluding hydrogens is 306 g/mol. The quantitative estimate of drug-likeness (QED) is 0.604. The molecule has 1 heterocycles. The Bertz CT molecular complexity index is 643. The van der Waals surface area contributed by atoms with Crippen LogP contribution in [0.4, 0.5) is 0 Å². The van der Waals surface area contributed by atoms with Crippen molar-refractivity contribution in [1.29, 1.82) is 0 Å². The van der Waals surface area contributed by atoms with Gasteiger partial charge in [0.15, 0.2) is 0 Å². The van der Waals surface area contributed by atoms with E-state index in [0.717, 1.165) is 22.4 Å². The van der Waals surface area contributed by atoms with E-state index in [1.165, 1.54) is 0 Å². The van der Waals surface area contributed by atoms with E-state index in [1.807, 2.05) is 51.1 Å². The third-order valence-corrected chi connectivity index (χ3v) is 3.51. The number of nitrogens with zero attached hydrogens (tertiary/aromatic N) is 1. The van der Waals surface area contributed by atoms with Crippen LogP contribution in [0.1, 0.15) is 39.0 Å². The van der Waals surface area contributed by atoms with E-state index in [2.05, 4.69) is 24.7 Å². The monoisotopic (exact) mass is 337 g/mol. The first-order valence-electron chi connectivity index (χ1n) is 8.57. The van der Waals surface area contributed by atoms with Gasteiger partial charge in [-0.2, -0.15) is 0 Å². The number of aliphatic hydroxyl groups is 1. The molecule has 0 radical (unpaired) electrons. The fourth-order valence-corrected chi connectivity index (χ4v) is 2.23. The first kappa shape index (κ1) is 22.6. The summed E-state index contributed by atoms with van der Waals surface area (Å²) in [6.45, 7) is 19.0. The van der Waals surface area contributed by atoms with Crippen molar-refractivity contribution >= 4 is 5.57 Å². The first-order chi connectivity index (χ1) is 12.0. The molecule has 0 aliphatic carbocycles. The fraction of sp³-hybridized carbons (Fsp3) is 0.261. The van der Waals surface area contributed by atoms with Crippen LogP contribution >= 0.6 is 0 Å². The van der Waals surface area contributed by atoms with Gasteiger partial charge < -0.3 is 5.11 Å². The molecule has 1 rings (SSSR count). The first-order valence-corrected chi connectivity index (χ1v) is 8.57. The molecule has 25 heavy (non-hydrogen) atoms. The summed E-state index contributed by atoms with van der Waals surface area (Å²) in [5, 5.41) is 10.6. The molecule has 1 atom stereocenters. The average Bonchev–Trinajstić information content (AvgIpc) is 2.62. The van der Waals surface area contributed by atoms with Crippen LogP contribution < -0.4 is 0 Å². The summed E-state index contributed by atoms with van der Waals surface area (Å²) in [7, 11) is 0. The number of rotatable bonds is 8. The predicted molar refractivity (Wildman–Crippen MR) is 111 cm³/mol. The third-order valence-electron chi connectivity index (χ3n) is 3.51. The molecular formula is C23H31NO. The molecule has 2 heteroatoms. The molecule has 1 N–H and O–H groups in total. The Morgan fingerprint density at radius 2 is 1.84 bits per heavy atom. The number of hydrogen-bond donors (Lipinski definition) is 1. The Labute approximate surface area is 153 Å². The number of aromatic nitrogens is 1. The lowest BCUT2D eigenvalue weighted by atomic mass is 9.90. The van der Waals surface area contributed by atoms with Gasteiger partial charge in [0.25, 0.3) is 0 Å². The summed E-state index contributed by atoms with van der Waals surface area (Å²) in [4.78, 5) is 4.46. The Morgan fingerprint density at radius 3 is 2.28 bits per heavy atom. The molecule has 0 amide bonds. The molecule has 0 aromatic carbocycles. The van der Waals surface area contributed by atoms with Gasteiger partial charge in [0.05, 0.1) is 5.60 Å². The van der Waals surface area contributed by atoms with E-state index >= 15 is 0 Å². The lowest BCUT2D eigenvalue weighted by Gasteiger charge is -2.24. The highest BCUT2D eigenvalue weighted by Gasteiger charge is 2.24. The average molecular weight is 338 g/mol. The van der Waals surface area contributed by atoms with Gasteiger partial charge in [0.2, 0.25) is 0 Å². The summed E-state index contributed by atoms with van der Waals surface area (Å²) >= 11 is 0. The summed E-state index contributed by atoms with van der Waals surface area (Å²) in [6.07, 6.45) is 15.0. The maximum absolute atomic E-state index is 10.6. The maximum atomic E-state index is 10.6. The molecule has 134 valence electrons.